The molecule has 0 bridgehead atoms. The van der Waals surface area contributed by atoms with Crippen molar-refractivity contribution in [1.29, 1.82) is 5.26 Å². The maximum atomic E-state index is 12.7. The molecule has 78 valence electrons. The molecule has 1 N–H and O–H groups in total. The molecule has 4 heteroatoms. The van der Waals surface area contributed by atoms with Crippen LogP contribution in [0.3, 0.4) is 0 Å². The van der Waals surface area contributed by atoms with Gasteiger partial charge in [0.25, 0.3) is 0 Å². The highest BCUT2D eigenvalue weighted by atomic mass is 19.1. The van der Waals surface area contributed by atoms with Crippen LogP contribution in [0.2, 0.25) is 0 Å². The molecular formula is C12H8FN3. The van der Waals surface area contributed by atoms with Gasteiger partial charge in [-0.1, -0.05) is 0 Å². The van der Waals surface area contributed by atoms with Crippen molar-refractivity contribution in [2.24, 2.45) is 0 Å². The fourth-order valence-electron chi connectivity index (χ4n) is 1.27. The summed E-state index contributed by atoms with van der Waals surface area (Å²) in [6, 6.07) is 11.3. The predicted octanol–water partition coefficient (Wildman–Crippen LogP) is 2.84. The maximum Gasteiger partial charge on any atom is 0.142 e. The van der Waals surface area contributed by atoms with Crippen LogP contribution in [0.25, 0.3) is 0 Å². The minimum absolute atomic E-state index is 0.280. The van der Waals surface area contributed by atoms with Crippen LogP contribution in [0, 0.1) is 17.1 Å². The van der Waals surface area contributed by atoms with Crippen molar-refractivity contribution < 1.29 is 4.39 Å². The van der Waals surface area contributed by atoms with E-state index in [1.165, 1.54) is 12.1 Å². The zero-order valence-corrected chi connectivity index (χ0v) is 8.31. The molecular weight excluding hydrogens is 205 g/mol. The summed E-state index contributed by atoms with van der Waals surface area (Å²) in [5.41, 5.74) is 1.85. The van der Waals surface area contributed by atoms with E-state index in [2.05, 4.69) is 10.3 Å². The van der Waals surface area contributed by atoms with E-state index in [0.29, 0.717) is 5.69 Å². The van der Waals surface area contributed by atoms with Gasteiger partial charge in [0.15, 0.2) is 0 Å². The third kappa shape index (κ3) is 2.34. The van der Waals surface area contributed by atoms with E-state index in [-0.39, 0.29) is 5.82 Å². The van der Waals surface area contributed by atoms with E-state index < -0.39 is 0 Å². The summed E-state index contributed by atoms with van der Waals surface area (Å²) in [7, 11) is 0. The summed E-state index contributed by atoms with van der Waals surface area (Å²) in [5, 5.41) is 11.7. The summed E-state index contributed by atoms with van der Waals surface area (Å²) in [4.78, 5) is 3.85. The third-order valence-electron chi connectivity index (χ3n) is 2.01. The topological polar surface area (TPSA) is 48.7 Å². The molecule has 0 spiro atoms. The summed E-state index contributed by atoms with van der Waals surface area (Å²) in [6.07, 6.45) is 1.55. The average Bonchev–Trinajstić information content (AvgIpc) is 2.32. The lowest BCUT2D eigenvalue weighted by Gasteiger charge is -2.05. The number of hydrogen-bond donors (Lipinski definition) is 1. The average molecular weight is 213 g/mol. The fraction of sp³-hybridized carbons (Fsp3) is 0. The predicted molar refractivity (Wildman–Crippen MR) is 58.6 cm³/mol. The first-order valence-electron chi connectivity index (χ1n) is 4.67. The molecule has 0 saturated heterocycles. The Morgan fingerprint density at radius 3 is 2.56 bits per heavy atom. The lowest BCUT2D eigenvalue weighted by molar-refractivity contribution is 0.628. The van der Waals surface area contributed by atoms with Gasteiger partial charge in [0.05, 0.1) is 0 Å². The quantitative estimate of drug-likeness (QED) is 0.834. The highest BCUT2D eigenvalue weighted by Crippen LogP contribution is 2.16. The summed E-state index contributed by atoms with van der Waals surface area (Å²) >= 11 is 0. The van der Waals surface area contributed by atoms with Gasteiger partial charge in [-0.3, -0.25) is 0 Å². The molecule has 0 fully saturated rings. The van der Waals surface area contributed by atoms with Crippen molar-refractivity contribution in [3.8, 4) is 6.07 Å². The summed E-state index contributed by atoms with van der Waals surface area (Å²) in [5.74, 6) is -0.280. The van der Waals surface area contributed by atoms with Gasteiger partial charge in [-0.15, -0.1) is 0 Å². The number of hydrogen-bond acceptors (Lipinski definition) is 3. The third-order valence-corrected chi connectivity index (χ3v) is 2.01. The van der Waals surface area contributed by atoms with E-state index in [0.717, 1.165) is 11.4 Å². The fourth-order valence-corrected chi connectivity index (χ4v) is 1.27. The molecule has 3 nitrogen and oxygen atoms in total. The molecule has 0 aliphatic carbocycles. The minimum atomic E-state index is -0.280. The van der Waals surface area contributed by atoms with Gasteiger partial charge in [0, 0.05) is 17.6 Å². The number of rotatable bonds is 2. The smallest absolute Gasteiger partial charge is 0.142 e. The SMILES string of the molecule is N#Cc1cc(Nc2ccc(F)cc2)ccn1. The summed E-state index contributed by atoms with van der Waals surface area (Å²) in [6.45, 7) is 0. The molecule has 0 amide bonds. The normalized spacial score (nSPS) is 9.50. The largest absolute Gasteiger partial charge is 0.355 e. The standard InChI is InChI=1S/C12H8FN3/c13-9-1-3-10(4-2-9)16-11-5-6-15-12(7-11)8-14/h1-7H,(H,15,16). The van der Waals surface area contributed by atoms with Crippen LogP contribution in [-0.4, -0.2) is 4.98 Å². The van der Waals surface area contributed by atoms with Crippen molar-refractivity contribution in [2.45, 2.75) is 0 Å². The van der Waals surface area contributed by atoms with Gasteiger partial charge >= 0.3 is 0 Å². The van der Waals surface area contributed by atoms with Gasteiger partial charge in [0.2, 0.25) is 0 Å². The Kier molecular flexibility index (Phi) is 2.79. The number of nitriles is 1. The van der Waals surface area contributed by atoms with Crippen LogP contribution < -0.4 is 5.32 Å². The molecule has 1 aromatic heterocycles. The van der Waals surface area contributed by atoms with Gasteiger partial charge in [-0.05, 0) is 36.4 Å². The lowest BCUT2D eigenvalue weighted by atomic mass is 10.3. The van der Waals surface area contributed by atoms with Gasteiger partial charge < -0.3 is 5.32 Å². The lowest BCUT2D eigenvalue weighted by Crippen LogP contribution is -1.92. The van der Waals surface area contributed by atoms with Crippen LogP contribution in [0.4, 0.5) is 15.8 Å². The Balaban J connectivity index is 2.21. The van der Waals surface area contributed by atoms with Crippen LogP contribution >= 0.6 is 0 Å². The number of nitrogens with zero attached hydrogens (tertiary/aromatic N) is 2. The van der Waals surface area contributed by atoms with E-state index in [1.807, 2.05) is 6.07 Å². The number of halogens is 1. The van der Waals surface area contributed by atoms with Crippen LogP contribution in [0.1, 0.15) is 5.69 Å². The van der Waals surface area contributed by atoms with Crippen molar-refractivity contribution in [3.05, 3.63) is 54.1 Å². The molecule has 0 radical (unpaired) electrons. The van der Waals surface area contributed by atoms with Gasteiger partial charge in [-0.25, -0.2) is 9.37 Å². The van der Waals surface area contributed by atoms with Crippen LogP contribution in [0.5, 0.6) is 0 Å². The Morgan fingerprint density at radius 1 is 1.12 bits per heavy atom. The molecule has 1 aromatic carbocycles. The van der Waals surface area contributed by atoms with E-state index >= 15 is 0 Å². The van der Waals surface area contributed by atoms with E-state index in [9.17, 15) is 4.39 Å². The van der Waals surface area contributed by atoms with E-state index in [4.69, 9.17) is 5.26 Å². The highest BCUT2D eigenvalue weighted by Gasteiger charge is 1.97. The zero-order chi connectivity index (χ0) is 11.4. The number of anilines is 2. The second-order valence-electron chi connectivity index (χ2n) is 3.17. The number of nitrogens with one attached hydrogen (secondary N) is 1. The first kappa shape index (κ1) is 10.1. The second-order valence-corrected chi connectivity index (χ2v) is 3.17. The van der Waals surface area contributed by atoms with Crippen molar-refractivity contribution in [3.63, 3.8) is 0 Å². The van der Waals surface area contributed by atoms with Crippen LogP contribution in [0.15, 0.2) is 42.6 Å². The molecule has 16 heavy (non-hydrogen) atoms. The number of benzene rings is 1. The Hall–Kier alpha value is -2.41. The van der Waals surface area contributed by atoms with Gasteiger partial charge in [-0.2, -0.15) is 5.26 Å². The monoisotopic (exact) mass is 213 g/mol. The summed E-state index contributed by atoms with van der Waals surface area (Å²) < 4.78 is 12.7. The molecule has 0 aliphatic heterocycles. The second kappa shape index (κ2) is 4.41. The van der Waals surface area contributed by atoms with Crippen molar-refractivity contribution in [1.82, 2.24) is 4.98 Å². The van der Waals surface area contributed by atoms with Crippen LogP contribution in [-0.2, 0) is 0 Å². The van der Waals surface area contributed by atoms with Crippen molar-refractivity contribution in [2.75, 3.05) is 5.32 Å². The zero-order valence-electron chi connectivity index (χ0n) is 8.31. The molecule has 2 aromatic rings. The molecule has 0 unspecified atom stereocenters. The Bertz CT molecular complexity index is 529. The van der Waals surface area contributed by atoms with Crippen molar-refractivity contribution >= 4 is 11.4 Å². The molecule has 0 atom stereocenters. The van der Waals surface area contributed by atoms with E-state index in [1.54, 1.807) is 30.5 Å². The molecule has 0 saturated carbocycles. The molecule has 2 rings (SSSR count). The number of pyridine rings is 1. The van der Waals surface area contributed by atoms with Gasteiger partial charge in [0.1, 0.15) is 17.6 Å². The molecule has 1 heterocycles. The Morgan fingerprint density at radius 2 is 1.88 bits per heavy atom. The first-order valence-corrected chi connectivity index (χ1v) is 4.67. The Labute approximate surface area is 92.2 Å². The minimum Gasteiger partial charge on any atom is -0.355 e. The highest BCUT2D eigenvalue weighted by molar-refractivity contribution is 5.59. The molecule has 0 aliphatic rings. The maximum absolute atomic E-state index is 12.7. The first-order chi connectivity index (χ1) is 7.78. The number of aromatic nitrogens is 1.